The van der Waals surface area contributed by atoms with Gasteiger partial charge >= 0.3 is 0 Å². The van der Waals surface area contributed by atoms with Gasteiger partial charge in [-0.1, -0.05) is 12.1 Å². The van der Waals surface area contributed by atoms with Gasteiger partial charge in [-0.2, -0.15) is 0 Å². The van der Waals surface area contributed by atoms with Crippen LogP contribution in [-0.2, 0) is 4.79 Å². The van der Waals surface area contributed by atoms with Gasteiger partial charge in [-0.05, 0) is 54.7 Å². The minimum atomic E-state index is -0.743. The number of piperazine rings is 1. The van der Waals surface area contributed by atoms with Crippen LogP contribution in [0.4, 0.5) is 10.1 Å². The van der Waals surface area contributed by atoms with Crippen LogP contribution in [0.1, 0.15) is 41.3 Å². The highest BCUT2D eigenvalue weighted by Crippen LogP contribution is 2.32. The largest absolute Gasteiger partial charge is 0.388 e. The summed E-state index contributed by atoms with van der Waals surface area (Å²) in [5.41, 5.74) is 20.0. The number of carbonyl (C=O) groups is 2. The SMILES string of the molecule is CNc1ccc(-c2ccc(C(=O)N3CCN(C(=O)C4(N)CCC4)CC3)c(F)c2)cc1C(N)N. The van der Waals surface area contributed by atoms with Crippen LogP contribution in [0.15, 0.2) is 36.4 Å². The fourth-order valence-corrected chi connectivity index (χ4v) is 4.48. The fraction of sp³-hybridized carbons (Fsp3) is 0.417. The maximum Gasteiger partial charge on any atom is 0.256 e. The summed E-state index contributed by atoms with van der Waals surface area (Å²) in [7, 11) is 1.78. The van der Waals surface area contributed by atoms with E-state index in [1.165, 1.54) is 12.1 Å². The molecule has 0 aromatic heterocycles. The number of benzene rings is 2. The maximum atomic E-state index is 15.0. The topological polar surface area (TPSA) is 131 Å². The number of amides is 2. The molecule has 2 fully saturated rings. The summed E-state index contributed by atoms with van der Waals surface area (Å²) in [6.07, 6.45) is 1.70. The first kappa shape index (κ1) is 23.2. The lowest BCUT2D eigenvalue weighted by Gasteiger charge is -2.43. The first-order chi connectivity index (χ1) is 15.7. The second kappa shape index (κ2) is 9.09. The van der Waals surface area contributed by atoms with Gasteiger partial charge in [0.15, 0.2) is 0 Å². The van der Waals surface area contributed by atoms with E-state index in [1.807, 2.05) is 18.2 Å². The van der Waals surface area contributed by atoms with Gasteiger partial charge < -0.3 is 32.3 Å². The average molecular weight is 455 g/mol. The highest BCUT2D eigenvalue weighted by Gasteiger charge is 2.43. The third kappa shape index (κ3) is 4.44. The molecule has 8 nitrogen and oxygen atoms in total. The molecule has 1 saturated carbocycles. The van der Waals surface area contributed by atoms with Crippen molar-refractivity contribution < 1.29 is 14.0 Å². The molecule has 2 aromatic carbocycles. The van der Waals surface area contributed by atoms with E-state index in [-0.39, 0.29) is 17.4 Å². The molecule has 176 valence electrons. The molecule has 0 unspecified atom stereocenters. The summed E-state index contributed by atoms with van der Waals surface area (Å²) < 4.78 is 15.0. The lowest BCUT2D eigenvalue weighted by atomic mass is 9.76. The Morgan fingerprint density at radius 3 is 2.15 bits per heavy atom. The van der Waals surface area contributed by atoms with E-state index >= 15 is 0 Å². The number of nitrogens with one attached hydrogen (secondary N) is 1. The normalized spacial score (nSPS) is 17.6. The quantitative estimate of drug-likeness (QED) is 0.508. The summed E-state index contributed by atoms with van der Waals surface area (Å²) >= 11 is 0. The van der Waals surface area contributed by atoms with Crippen LogP contribution in [0.5, 0.6) is 0 Å². The number of halogens is 1. The van der Waals surface area contributed by atoms with E-state index in [0.717, 1.165) is 17.7 Å². The summed E-state index contributed by atoms with van der Waals surface area (Å²) in [5.74, 6) is -1.02. The van der Waals surface area contributed by atoms with Crippen LogP contribution in [0.2, 0.25) is 0 Å². The number of nitrogens with zero attached hydrogens (tertiary/aromatic N) is 2. The van der Waals surface area contributed by atoms with Crippen molar-refractivity contribution in [2.75, 3.05) is 38.5 Å². The van der Waals surface area contributed by atoms with Crippen molar-refractivity contribution in [1.82, 2.24) is 9.80 Å². The molecule has 0 atom stereocenters. The van der Waals surface area contributed by atoms with Gasteiger partial charge in [0.05, 0.1) is 17.3 Å². The van der Waals surface area contributed by atoms with Crippen molar-refractivity contribution in [2.45, 2.75) is 31.0 Å². The number of nitrogens with two attached hydrogens (primary N) is 3. The Kier molecular flexibility index (Phi) is 6.38. The minimum Gasteiger partial charge on any atom is -0.388 e. The zero-order chi connectivity index (χ0) is 23.8. The van der Waals surface area contributed by atoms with Gasteiger partial charge in [0.2, 0.25) is 5.91 Å². The Labute approximate surface area is 192 Å². The van der Waals surface area contributed by atoms with Crippen molar-refractivity contribution in [1.29, 1.82) is 0 Å². The van der Waals surface area contributed by atoms with Crippen molar-refractivity contribution >= 4 is 17.5 Å². The van der Waals surface area contributed by atoms with E-state index in [0.29, 0.717) is 50.1 Å². The standard InChI is InChI=1S/C24H31FN6O2/c1-29-20-6-4-15(13-18(20)21(26)27)16-3-5-17(19(25)14-16)22(32)30-9-11-31(12-10-30)23(33)24(28)7-2-8-24/h3-6,13-14,21,29H,2,7-12,26-28H2,1H3. The van der Waals surface area contributed by atoms with Gasteiger partial charge in [0.1, 0.15) is 5.82 Å². The van der Waals surface area contributed by atoms with Crippen molar-refractivity contribution in [3.05, 3.63) is 53.3 Å². The highest BCUT2D eigenvalue weighted by molar-refractivity contribution is 5.95. The van der Waals surface area contributed by atoms with Gasteiger partial charge in [-0.25, -0.2) is 4.39 Å². The molecule has 2 amide bonds. The highest BCUT2D eigenvalue weighted by atomic mass is 19.1. The molecule has 2 aromatic rings. The van der Waals surface area contributed by atoms with E-state index in [4.69, 9.17) is 17.2 Å². The summed E-state index contributed by atoms with van der Waals surface area (Å²) in [5, 5.41) is 3.04. The summed E-state index contributed by atoms with van der Waals surface area (Å²) in [6, 6.07) is 10.1. The molecule has 4 rings (SSSR count). The van der Waals surface area contributed by atoms with Gasteiger partial charge in [-0.3, -0.25) is 9.59 Å². The average Bonchev–Trinajstić information content (AvgIpc) is 2.81. The van der Waals surface area contributed by atoms with E-state index in [2.05, 4.69) is 5.32 Å². The molecule has 1 aliphatic heterocycles. The minimum absolute atomic E-state index is 0.00964. The Morgan fingerprint density at radius 1 is 1.00 bits per heavy atom. The van der Waals surface area contributed by atoms with E-state index in [9.17, 15) is 14.0 Å². The number of hydrogen-bond donors (Lipinski definition) is 4. The fourth-order valence-electron chi connectivity index (χ4n) is 4.48. The molecule has 0 bridgehead atoms. The van der Waals surface area contributed by atoms with Crippen LogP contribution < -0.4 is 22.5 Å². The van der Waals surface area contributed by atoms with Gasteiger partial charge in [0, 0.05) is 44.5 Å². The second-order valence-corrected chi connectivity index (χ2v) is 8.87. The predicted octanol–water partition coefficient (Wildman–Crippen LogP) is 1.62. The lowest BCUT2D eigenvalue weighted by molar-refractivity contribution is -0.141. The number of anilines is 1. The van der Waals surface area contributed by atoms with Crippen LogP contribution >= 0.6 is 0 Å². The third-order valence-electron chi connectivity index (χ3n) is 6.74. The van der Waals surface area contributed by atoms with Crippen LogP contribution in [0.25, 0.3) is 11.1 Å². The Bertz CT molecular complexity index is 1060. The molecule has 33 heavy (non-hydrogen) atoms. The molecule has 1 heterocycles. The smallest absolute Gasteiger partial charge is 0.256 e. The van der Waals surface area contributed by atoms with Crippen LogP contribution in [0, 0.1) is 5.82 Å². The lowest BCUT2D eigenvalue weighted by Crippen LogP contribution is -2.62. The molecule has 1 aliphatic carbocycles. The van der Waals surface area contributed by atoms with E-state index < -0.39 is 17.5 Å². The number of carbonyl (C=O) groups excluding carboxylic acids is 2. The Morgan fingerprint density at radius 2 is 1.61 bits per heavy atom. The Balaban J connectivity index is 1.46. The first-order valence-electron chi connectivity index (χ1n) is 11.2. The number of hydrogen-bond acceptors (Lipinski definition) is 6. The van der Waals surface area contributed by atoms with Crippen LogP contribution in [-0.4, -0.2) is 60.4 Å². The zero-order valence-corrected chi connectivity index (χ0v) is 18.8. The van der Waals surface area contributed by atoms with Crippen LogP contribution in [0.3, 0.4) is 0 Å². The molecule has 1 saturated heterocycles. The van der Waals surface area contributed by atoms with E-state index in [1.54, 1.807) is 22.9 Å². The first-order valence-corrected chi connectivity index (χ1v) is 11.2. The molecule has 9 heteroatoms. The Hall–Kier alpha value is -3.01. The molecule has 0 spiro atoms. The predicted molar refractivity (Wildman–Crippen MR) is 126 cm³/mol. The summed E-state index contributed by atoms with van der Waals surface area (Å²) in [4.78, 5) is 28.9. The van der Waals surface area contributed by atoms with Gasteiger partial charge in [-0.15, -0.1) is 0 Å². The van der Waals surface area contributed by atoms with Gasteiger partial charge in [0.25, 0.3) is 5.91 Å². The number of rotatable bonds is 5. The molecular formula is C24H31FN6O2. The van der Waals surface area contributed by atoms with Crippen molar-refractivity contribution in [3.8, 4) is 11.1 Å². The monoisotopic (exact) mass is 454 g/mol. The summed E-state index contributed by atoms with van der Waals surface area (Å²) in [6.45, 7) is 1.52. The van der Waals surface area contributed by atoms with Crippen molar-refractivity contribution in [2.24, 2.45) is 17.2 Å². The zero-order valence-electron chi connectivity index (χ0n) is 18.8. The molecular weight excluding hydrogens is 423 g/mol. The molecule has 2 aliphatic rings. The maximum absolute atomic E-state index is 15.0. The third-order valence-corrected chi connectivity index (χ3v) is 6.74. The second-order valence-electron chi connectivity index (χ2n) is 8.87. The molecule has 0 radical (unpaired) electrons. The van der Waals surface area contributed by atoms with Crippen molar-refractivity contribution in [3.63, 3.8) is 0 Å². The molecule has 7 N–H and O–H groups in total.